The summed E-state index contributed by atoms with van der Waals surface area (Å²) in [6, 6.07) is 11.2. The van der Waals surface area contributed by atoms with Gasteiger partial charge in [-0.2, -0.15) is 0 Å². The summed E-state index contributed by atoms with van der Waals surface area (Å²) >= 11 is 0. The number of nitrogens with zero attached hydrogens (tertiary/aromatic N) is 1. The molecule has 1 N–H and O–H groups in total. The van der Waals surface area contributed by atoms with E-state index in [-0.39, 0.29) is 11.6 Å². The van der Waals surface area contributed by atoms with Crippen molar-refractivity contribution in [3.8, 4) is 5.75 Å². The third kappa shape index (κ3) is 5.91. The van der Waals surface area contributed by atoms with Crippen molar-refractivity contribution in [3.63, 3.8) is 0 Å². The Kier molecular flexibility index (Phi) is 6.95. The molecule has 0 unspecified atom stereocenters. The number of rotatable bonds is 8. The molecule has 0 aliphatic heterocycles. The van der Waals surface area contributed by atoms with Crippen molar-refractivity contribution in [2.75, 3.05) is 14.2 Å². The molecule has 0 aliphatic rings. The quantitative estimate of drug-likeness (QED) is 0.746. The summed E-state index contributed by atoms with van der Waals surface area (Å²) in [6.07, 6.45) is 3.63. The molecule has 1 aromatic carbocycles. The van der Waals surface area contributed by atoms with Crippen molar-refractivity contribution < 1.29 is 19.1 Å². The Hall–Kier alpha value is -2.89. The van der Waals surface area contributed by atoms with Gasteiger partial charge in [-0.3, -0.25) is 4.79 Å². The van der Waals surface area contributed by atoms with Crippen LogP contribution in [0.15, 0.2) is 42.6 Å². The first-order chi connectivity index (χ1) is 12.1. The lowest BCUT2D eigenvalue weighted by Crippen LogP contribution is -2.22. The normalized spacial score (nSPS) is 10.2. The van der Waals surface area contributed by atoms with Crippen LogP contribution in [0.3, 0.4) is 0 Å². The summed E-state index contributed by atoms with van der Waals surface area (Å²) in [7, 11) is 2.95. The maximum Gasteiger partial charge on any atom is 0.356 e. The molecule has 1 amide bonds. The second-order valence-electron chi connectivity index (χ2n) is 5.52. The Morgan fingerprint density at radius 1 is 1.04 bits per heavy atom. The minimum Gasteiger partial charge on any atom is -0.497 e. The first kappa shape index (κ1) is 18.4. The van der Waals surface area contributed by atoms with E-state index in [1.54, 1.807) is 25.4 Å². The van der Waals surface area contributed by atoms with Crippen LogP contribution in [0.5, 0.6) is 5.75 Å². The van der Waals surface area contributed by atoms with Crippen LogP contribution >= 0.6 is 0 Å². The number of methoxy groups -OCH3 is 2. The van der Waals surface area contributed by atoms with E-state index in [1.165, 1.54) is 12.7 Å². The molecule has 0 aliphatic carbocycles. The van der Waals surface area contributed by atoms with Crippen molar-refractivity contribution in [1.82, 2.24) is 10.3 Å². The predicted octanol–water partition coefficient (Wildman–Crippen LogP) is 2.52. The van der Waals surface area contributed by atoms with Crippen LogP contribution in [0.4, 0.5) is 0 Å². The third-order valence-corrected chi connectivity index (χ3v) is 3.74. The van der Waals surface area contributed by atoms with Crippen molar-refractivity contribution in [3.05, 3.63) is 59.4 Å². The fourth-order valence-corrected chi connectivity index (χ4v) is 2.29. The largest absolute Gasteiger partial charge is 0.497 e. The fourth-order valence-electron chi connectivity index (χ4n) is 2.29. The summed E-state index contributed by atoms with van der Waals surface area (Å²) in [5.74, 6) is 0.341. The van der Waals surface area contributed by atoms with Gasteiger partial charge >= 0.3 is 5.97 Å². The minimum atomic E-state index is -0.478. The van der Waals surface area contributed by atoms with Crippen LogP contribution < -0.4 is 10.1 Å². The molecule has 2 aromatic rings. The average molecular weight is 342 g/mol. The topological polar surface area (TPSA) is 77.5 Å². The number of ether oxygens (including phenoxy) is 2. The standard InChI is InChI=1S/C19H22N2O4/c1-24-16-9-6-14(7-10-16)4-3-5-18(22)21-13-15-8-11-17(20-12-15)19(23)25-2/h6-12H,3-5,13H2,1-2H3,(H,21,22). The van der Waals surface area contributed by atoms with E-state index < -0.39 is 5.97 Å². The zero-order valence-electron chi connectivity index (χ0n) is 14.5. The molecule has 0 saturated heterocycles. The lowest BCUT2D eigenvalue weighted by Gasteiger charge is -2.06. The molecule has 132 valence electrons. The smallest absolute Gasteiger partial charge is 0.356 e. The number of aromatic nitrogens is 1. The number of pyridine rings is 1. The Balaban J connectivity index is 1.70. The molecular formula is C19H22N2O4. The van der Waals surface area contributed by atoms with Crippen molar-refractivity contribution in [1.29, 1.82) is 0 Å². The van der Waals surface area contributed by atoms with Crippen molar-refractivity contribution in [2.45, 2.75) is 25.8 Å². The van der Waals surface area contributed by atoms with E-state index >= 15 is 0 Å². The average Bonchev–Trinajstić information content (AvgIpc) is 2.66. The molecule has 0 atom stereocenters. The number of aryl methyl sites for hydroxylation is 1. The van der Waals surface area contributed by atoms with E-state index in [4.69, 9.17) is 4.74 Å². The monoisotopic (exact) mass is 342 g/mol. The number of hydrogen-bond acceptors (Lipinski definition) is 5. The lowest BCUT2D eigenvalue weighted by atomic mass is 10.1. The second kappa shape index (κ2) is 9.42. The van der Waals surface area contributed by atoms with Gasteiger partial charge in [-0.25, -0.2) is 9.78 Å². The van der Waals surface area contributed by atoms with Gasteiger partial charge in [0.05, 0.1) is 14.2 Å². The maximum atomic E-state index is 11.9. The lowest BCUT2D eigenvalue weighted by molar-refractivity contribution is -0.121. The Bertz CT molecular complexity index is 696. The van der Waals surface area contributed by atoms with E-state index in [9.17, 15) is 9.59 Å². The number of carbonyl (C=O) groups excluding carboxylic acids is 2. The fraction of sp³-hybridized carbons (Fsp3) is 0.316. The number of hydrogen-bond donors (Lipinski definition) is 1. The Morgan fingerprint density at radius 2 is 1.76 bits per heavy atom. The zero-order valence-corrected chi connectivity index (χ0v) is 14.5. The highest BCUT2D eigenvalue weighted by Gasteiger charge is 2.07. The predicted molar refractivity (Wildman–Crippen MR) is 93.4 cm³/mol. The van der Waals surface area contributed by atoms with Gasteiger partial charge in [-0.15, -0.1) is 0 Å². The number of nitrogens with one attached hydrogen (secondary N) is 1. The van der Waals surface area contributed by atoms with Gasteiger partial charge in [0.25, 0.3) is 0 Å². The van der Waals surface area contributed by atoms with Crippen molar-refractivity contribution in [2.24, 2.45) is 0 Å². The highest BCUT2D eigenvalue weighted by atomic mass is 16.5. The maximum absolute atomic E-state index is 11.9. The number of esters is 1. The highest BCUT2D eigenvalue weighted by Crippen LogP contribution is 2.13. The molecule has 1 aromatic heterocycles. The third-order valence-electron chi connectivity index (χ3n) is 3.74. The van der Waals surface area contributed by atoms with Gasteiger partial charge < -0.3 is 14.8 Å². The summed E-state index contributed by atoms with van der Waals surface area (Å²) in [5.41, 5.74) is 2.25. The molecule has 0 fully saturated rings. The van der Waals surface area contributed by atoms with Gasteiger partial charge in [0.2, 0.25) is 5.91 Å². The molecule has 0 radical (unpaired) electrons. The zero-order chi connectivity index (χ0) is 18.1. The summed E-state index contributed by atoms with van der Waals surface area (Å²) in [4.78, 5) is 27.2. The summed E-state index contributed by atoms with van der Waals surface area (Å²) in [5, 5.41) is 2.85. The molecule has 0 spiro atoms. The second-order valence-corrected chi connectivity index (χ2v) is 5.52. The molecule has 25 heavy (non-hydrogen) atoms. The van der Waals surface area contributed by atoms with Gasteiger partial charge in [0.15, 0.2) is 0 Å². The first-order valence-electron chi connectivity index (χ1n) is 8.05. The van der Waals surface area contributed by atoms with Crippen LogP contribution in [-0.2, 0) is 22.5 Å². The van der Waals surface area contributed by atoms with E-state index in [0.717, 1.165) is 24.2 Å². The Labute approximate surface area is 147 Å². The molecule has 6 heteroatoms. The Morgan fingerprint density at radius 3 is 2.36 bits per heavy atom. The number of benzene rings is 1. The van der Waals surface area contributed by atoms with Crippen LogP contribution in [0.1, 0.15) is 34.5 Å². The van der Waals surface area contributed by atoms with Gasteiger partial charge in [-0.1, -0.05) is 18.2 Å². The molecule has 0 saturated carbocycles. The van der Waals surface area contributed by atoms with E-state index in [2.05, 4.69) is 15.0 Å². The number of carbonyl (C=O) groups is 2. The van der Waals surface area contributed by atoms with Gasteiger partial charge in [0, 0.05) is 19.2 Å². The van der Waals surface area contributed by atoms with Gasteiger partial charge in [-0.05, 0) is 42.2 Å². The molecule has 1 heterocycles. The summed E-state index contributed by atoms with van der Waals surface area (Å²) in [6.45, 7) is 0.385. The molecule has 6 nitrogen and oxygen atoms in total. The van der Waals surface area contributed by atoms with Crippen LogP contribution in [0.25, 0.3) is 0 Å². The molecular weight excluding hydrogens is 320 g/mol. The van der Waals surface area contributed by atoms with E-state index in [0.29, 0.717) is 13.0 Å². The summed E-state index contributed by atoms with van der Waals surface area (Å²) < 4.78 is 9.71. The minimum absolute atomic E-state index is 0.00874. The van der Waals surface area contributed by atoms with Crippen molar-refractivity contribution >= 4 is 11.9 Å². The highest BCUT2D eigenvalue weighted by molar-refractivity contribution is 5.87. The SMILES string of the molecule is COC(=O)c1ccc(CNC(=O)CCCc2ccc(OC)cc2)cn1. The van der Waals surface area contributed by atoms with E-state index in [1.807, 2.05) is 24.3 Å². The van der Waals surface area contributed by atoms with Crippen LogP contribution in [0.2, 0.25) is 0 Å². The number of amides is 1. The van der Waals surface area contributed by atoms with Gasteiger partial charge in [0.1, 0.15) is 11.4 Å². The first-order valence-corrected chi connectivity index (χ1v) is 8.05. The molecule has 0 bridgehead atoms. The molecule has 2 rings (SSSR count). The van der Waals surface area contributed by atoms with Crippen LogP contribution in [0, 0.1) is 0 Å². The van der Waals surface area contributed by atoms with Crippen LogP contribution in [-0.4, -0.2) is 31.1 Å².